The summed E-state index contributed by atoms with van der Waals surface area (Å²) in [7, 11) is 2.23. The van der Waals surface area contributed by atoms with Gasteiger partial charge in [-0.15, -0.1) is 0 Å². The molecule has 1 fully saturated rings. The van der Waals surface area contributed by atoms with E-state index in [9.17, 15) is 5.11 Å². The van der Waals surface area contributed by atoms with Gasteiger partial charge < -0.3 is 19.1 Å². The van der Waals surface area contributed by atoms with E-state index in [1.54, 1.807) is 0 Å². The van der Waals surface area contributed by atoms with Gasteiger partial charge in [-0.1, -0.05) is 53.7 Å². The fraction of sp³-hybridized carbons (Fsp3) is 0.750. The number of aliphatic hydroxyl groups excluding tert-OH is 1. The summed E-state index contributed by atoms with van der Waals surface area (Å²) < 4.78 is 12.7. The molecule has 4 nitrogen and oxygen atoms in total. The summed E-state index contributed by atoms with van der Waals surface area (Å²) in [4.78, 5) is 0. The minimum atomic E-state index is -0.403. The van der Waals surface area contributed by atoms with Crippen LogP contribution in [0.25, 0.3) is 0 Å². The van der Waals surface area contributed by atoms with Crippen molar-refractivity contribution >= 4 is 0 Å². The Morgan fingerprint density at radius 1 is 1.00 bits per heavy atom. The van der Waals surface area contributed by atoms with Crippen LogP contribution in [-0.2, 0) is 15.6 Å². The number of likely N-dealkylation sites (tertiary alicyclic amines) is 1. The van der Waals surface area contributed by atoms with E-state index in [1.807, 2.05) is 0 Å². The maximum absolute atomic E-state index is 10.3. The van der Waals surface area contributed by atoms with Crippen molar-refractivity contribution in [1.29, 1.82) is 0 Å². The van der Waals surface area contributed by atoms with Crippen molar-refractivity contribution in [2.45, 2.75) is 71.3 Å². The Balaban J connectivity index is 1.83. The van der Waals surface area contributed by atoms with E-state index < -0.39 is 6.10 Å². The number of rotatable bonds is 8. The second kappa shape index (κ2) is 9.15. The van der Waals surface area contributed by atoms with E-state index in [1.165, 1.54) is 37.1 Å². The molecule has 1 aromatic rings. The number of nitrogens with zero attached hydrogens (tertiary/aromatic N) is 1. The number of quaternary nitrogens is 1. The molecule has 1 aliphatic heterocycles. The highest BCUT2D eigenvalue weighted by Crippen LogP contribution is 2.35. The average Bonchev–Trinajstić information content (AvgIpc) is 2.98. The van der Waals surface area contributed by atoms with Crippen molar-refractivity contribution < 1.29 is 19.1 Å². The van der Waals surface area contributed by atoms with Gasteiger partial charge in [0.05, 0.1) is 33.4 Å². The van der Waals surface area contributed by atoms with Crippen LogP contribution in [0.15, 0.2) is 18.2 Å². The van der Waals surface area contributed by atoms with Crippen molar-refractivity contribution in [3.05, 3.63) is 29.3 Å². The molecule has 0 aliphatic carbocycles. The van der Waals surface area contributed by atoms with E-state index in [0.717, 1.165) is 16.8 Å². The molecule has 0 spiro atoms. The molecule has 160 valence electrons. The second-order valence-electron chi connectivity index (χ2n) is 10.7. The molecule has 28 heavy (non-hydrogen) atoms. The van der Waals surface area contributed by atoms with Gasteiger partial charge in [-0.25, -0.2) is 0 Å². The Kier molecular flexibility index (Phi) is 7.57. The molecule has 1 saturated heterocycles. The molecule has 1 aromatic carbocycles. The number of benzene rings is 1. The molecular weight excluding hydrogens is 350 g/mol. The van der Waals surface area contributed by atoms with Crippen molar-refractivity contribution in [2.75, 3.05) is 46.5 Å². The molecule has 0 unspecified atom stereocenters. The summed E-state index contributed by atoms with van der Waals surface area (Å²) in [5, 5.41) is 10.3. The van der Waals surface area contributed by atoms with Crippen LogP contribution in [-0.4, -0.2) is 62.2 Å². The van der Waals surface area contributed by atoms with Gasteiger partial charge in [-0.3, -0.25) is 0 Å². The first-order chi connectivity index (χ1) is 12.9. The lowest BCUT2D eigenvalue weighted by molar-refractivity contribution is -0.900. The lowest BCUT2D eigenvalue weighted by Crippen LogP contribution is -2.47. The smallest absolute Gasteiger partial charge is 0.126 e. The van der Waals surface area contributed by atoms with Crippen molar-refractivity contribution in [3.8, 4) is 5.75 Å². The first-order valence-electron chi connectivity index (χ1n) is 10.8. The molecule has 1 atom stereocenters. The number of likely N-dealkylation sites (N-methyl/N-ethyl adjacent to an activating group) is 1. The molecule has 1 aliphatic rings. The molecule has 0 saturated carbocycles. The maximum atomic E-state index is 10.3. The van der Waals surface area contributed by atoms with Gasteiger partial charge in [0.15, 0.2) is 0 Å². The maximum Gasteiger partial charge on any atom is 0.126 e. The summed E-state index contributed by atoms with van der Waals surface area (Å²) in [5.74, 6) is 0.930. The van der Waals surface area contributed by atoms with Crippen LogP contribution in [0.2, 0.25) is 0 Å². The van der Waals surface area contributed by atoms with Gasteiger partial charge in [0.1, 0.15) is 25.0 Å². The van der Waals surface area contributed by atoms with Crippen molar-refractivity contribution in [1.82, 2.24) is 0 Å². The quantitative estimate of drug-likeness (QED) is 0.530. The minimum Gasteiger partial charge on any atom is -0.491 e. The predicted molar refractivity (Wildman–Crippen MR) is 116 cm³/mol. The summed E-state index contributed by atoms with van der Waals surface area (Å²) in [6.45, 7) is 17.8. The highest BCUT2D eigenvalue weighted by molar-refractivity contribution is 5.43. The Hall–Kier alpha value is -1.10. The van der Waals surface area contributed by atoms with E-state index >= 15 is 0 Å². The second-order valence-corrected chi connectivity index (χ2v) is 10.7. The third-order valence-electron chi connectivity index (χ3n) is 5.75. The van der Waals surface area contributed by atoms with E-state index in [-0.39, 0.29) is 10.8 Å². The van der Waals surface area contributed by atoms with Gasteiger partial charge in [-0.05, 0) is 28.0 Å². The third-order valence-corrected chi connectivity index (χ3v) is 5.75. The first kappa shape index (κ1) is 23.2. The molecule has 4 heteroatoms. The van der Waals surface area contributed by atoms with Crippen LogP contribution >= 0.6 is 0 Å². The normalized spacial score (nSPS) is 18.3. The van der Waals surface area contributed by atoms with Crippen LogP contribution in [0.4, 0.5) is 0 Å². The zero-order valence-electron chi connectivity index (χ0n) is 19.2. The number of hydrogen-bond donors (Lipinski definition) is 1. The highest BCUT2D eigenvalue weighted by atomic mass is 16.5. The first-order valence-corrected chi connectivity index (χ1v) is 10.8. The lowest BCUT2D eigenvalue weighted by atomic mass is 9.80. The Labute approximate surface area is 172 Å². The van der Waals surface area contributed by atoms with Crippen LogP contribution in [0.1, 0.15) is 65.5 Å². The fourth-order valence-electron chi connectivity index (χ4n) is 3.98. The average molecular weight is 393 g/mol. The standard InChI is InChI=1S/C24H42NO3/c1-23(2,3)19-10-11-22(21(16-19)24(4,5)6)28-15-14-27-18-20(26)17-25(7)12-8-9-13-25/h10-11,16,20,26H,8-9,12-15,17-18H2,1-7H3/q+1/t20-/m1/s1. The molecule has 0 aromatic heterocycles. The van der Waals surface area contributed by atoms with Gasteiger partial charge in [0, 0.05) is 12.8 Å². The molecule has 0 bridgehead atoms. The van der Waals surface area contributed by atoms with E-state index in [2.05, 4.69) is 66.8 Å². The van der Waals surface area contributed by atoms with Gasteiger partial charge in [0.25, 0.3) is 0 Å². The molecule has 2 rings (SSSR count). The largest absolute Gasteiger partial charge is 0.491 e. The van der Waals surface area contributed by atoms with Gasteiger partial charge in [0.2, 0.25) is 0 Å². The molecule has 0 radical (unpaired) electrons. The van der Waals surface area contributed by atoms with Gasteiger partial charge >= 0.3 is 0 Å². The Morgan fingerprint density at radius 2 is 1.64 bits per heavy atom. The molecule has 1 heterocycles. The molecular formula is C24H42NO3+. The number of aliphatic hydroxyl groups is 1. The number of ether oxygens (including phenoxy) is 2. The fourth-order valence-corrected chi connectivity index (χ4v) is 3.98. The summed E-state index contributed by atoms with van der Waals surface area (Å²) in [6.07, 6.45) is 2.13. The molecule has 0 amide bonds. The SMILES string of the molecule is CC(C)(C)c1ccc(OCCOC[C@H](O)C[N+]2(C)CCCC2)c(C(C)(C)C)c1. The van der Waals surface area contributed by atoms with E-state index in [0.29, 0.717) is 19.8 Å². The Morgan fingerprint density at radius 3 is 2.21 bits per heavy atom. The summed E-state index contributed by atoms with van der Waals surface area (Å²) >= 11 is 0. The predicted octanol–water partition coefficient (Wildman–Crippen LogP) is 4.28. The van der Waals surface area contributed by atoms with Crippen LogP contribution in [0, 0.1) is 0 Å². The monoisotopic (exact) mass is 392 g/mol. The highest BCUT2D eigenvalue weighted by Gasteiger charge is 2.29. The van der Waals surface area contributed by atoms with Gasteiger partial charge in [-0.2, -0.15) is 0 Å². The van der Waals surface area contributed by atoms with Crippen molar-refractivity contribution in [3.63, 3.8) is 0 Å². The minimum absolute atomic E-state index is 0.0162. The third kappa shape index (κ3) is 6.75. The lowest BCUT2D eigenvalue weighted by Gasteiger charge is -2.31. The topological polar surface area (TPSA) is 38.7 Å². The number of hydrogen-bond acceptors (Lipinski definition) is 3. The van der Waals surface area contributed by atoms with E-state index in [4.69, 9.17) is 9.47 Å². The van der Waals surface area contributed by atoms with Crippen molar-refractivity contribution in [2.24, 2.45) is 0 Å². The molecule has 1 N–H and O–H groups in total. The van der Waals surface area contributed by atoms with Crippen LogP contribution < -0.4 is 4.74 Å². The van der Waals surface area contributed by atoms with Crippen LogP contribution in [0.3, 0.4) is 0 Å². The zero-order chi connectivity index (χ0) is 21.0. The summed E-state index contributed by atoms with van der Waals surface area (Å²) in [6, 6.07) is 6.53. The van der Waals surface area contributed by atoms with Crippen LogP contribution in [0.5, 0.6) is 5.75 Å². The summed E-state index contributed by atoms with van der Waals surface area (Å²) in [5.41, 5.74) is 2.68. The Bertz CT molecular complexity index is 622. The zero-order valence-corrected chi connectivity index (χ0v) is 19.2.